The molecule has 0 aliphatic carbocycles. The summed E-state index contributed by atoms with van der Waals surface area (Å²) in [4.78, 5) is 16.1. The molecule has 25 heavy (non-hydrogen) atoms. The van der Waals surface area contributed by atoms with E-state index < -0.39 is 0 Å². The molecule has 0 fully saturated rings. The van der Waals surface area contributed by atoms with Crippen molar-refractivity contribution in [3.05, 3.63) is 75.3 Å². The number of hydrogen-bond acceptors (Lipinski definition) is 4. The summed E-state index contributed by atoms with van der Waals surface area (Å²) in [5.74, 6) is 1.11. The van der Waals surface area contributed by atoms with Crippen LogP contribution in [0.1, 0.15) is 21.0 Å². The van der Waals surface area contributed by atoms with Gasteiger partial charge < -0.3 is 14.1 Å². The first-order chi connectivity index (χ1) is 12.2. The molecule has 0 atom stereocenters. The number of amides is 1. The molecule has 1 amide bonds. The van der Waals surface area contributed by atoms with Crippen molar-refractivity contribution >= 4 is 28.8 Å². The lowest BCUT2D eigenvalue weighted by Gasteiger charge is -2.22. The van der Waals surface area contributed by atoms with Gasteiger partial charge in [0.25, 0.3) is 5.91 Å². The molecule has 0 saturated heterocycles. The molecule has 0 aliphatic rings. The number of thiophene rings is 1. The van der Waals surface area contributed by atoms with Crippen molar-refractivity contribution in [2.75, 3.05) is 13.7 Å². The molecule has 130 valence electrons. The van der Waals surface area contributed by atoms with Gasteiger partial charge in [-0.05, 0) is 48.2 Å². The zero-order chi connectivity index (χ0) is 17.6. The van der Waals surface area contributed by atoms with Crippen LogP contribution in [0.15, 0.2) is 58.5 Å². The highest BCUT2D eigenvalue weighted by atomic mass is 35.5. The topological polar surface area (TPSA) is 42.7 Å². The van der Waals surface area contributed by atoms with E-state index in [1.807, 2.05) is 23.6 Å². The first-order valence-electron chi connectivity index (χ1n) is 7.85. The molecule has 0 saturated carbocycles. The summed E-state index contributed by atoms with van der Waals surface area (Å²) in [5, 5.41) is 2.54. The lowest BCUT2D eigenvalue weighted by atomic mass is 10.1. The van der Waals surface area contributed by atoms with Gasteiger partial charge in [0.15, 0.2) is 0 Å². The number of nitrogens with zero attached hydrogens (tertiary/aromatic N) is 1. The van der Waals surface area contributed by atoms with Crippen molar-refractivity contribution in [1.82, 2.24) is 4.90 Å². The van der Waals surface area contributed by atoms with Crippen LogP contribution in [-0.4, -0.2) is 24.5 Å². The van der Waals surface area contributed by atoms with E-state index in [0.29, 0.717) is 29.4 Å². The zero-order valence-corrected chi connectivity index (χ0v) is 15.3. The van der Waals surface area contributed by atoms with Crippen LogP contribution < -0.4 is 4.74 Å². The monoisotopic (exact) mass is 375 g/mol. The lowest BCUT2D eigenvalue weighted by Crippen LogP contribution is -2.32. The number of hydrogen-bond donors (Lipinski definition) is 0. The summed E-state index contributed by atoms with van der Waals surface area (Å²) in [6.07, 6.45) is 2.39. The summed E-state index contributed by atoms with van der Waals surface area (Å²) >= 11 is 7.76. The Bertz CT molecular complexity index is 815. The van der Waals surface area contributed by atoms with Gasteiger partial charge in [-0.15, -0.1) is 11.3 Å². The highest BCUT2D eigenvalue weighted by molar-refractivity contribution is 7.09. The average molecular weight is 376 g/mol. The molecule has 3 rings (SSSR count). The van der Waals surface area contributed by atoms with Crippen molar-refractivity contribution in [3.8, 4) is 5.75 Å². The standard InChI is InChI=1S/C19H18ClNO3S/c1-23-18-7-6-14(20)12-17(18)19(22)21(13-15-4-2-10-24-15)9-8-16-5-3-11-25-16/h2-7,10-12H,8-9,13H2,1H3. The molecular formula is C19H18ClNO3S. The van der Waals surface area contributed by atoms with E-state index in [9.17, 15) is 4.79 Å². The summed E-state index contributed by atoms with van der Waals surface area (Å²) in [6, 6.07) is 12.8. The molecule has 0 unspecified atom stereocenters. The van der Waals surface area contributed by atoms with E-state index in [1.54, 1.807) is 47.8 Å². The van der Waals surface area contributed by atoms with E-state index in [1.165, 1.54) is 4.88 Å². The van der Waals surface area contributed by atoms with Crippen LogP contribution in [0.4, 0.5) is 0 Å². The molecule has 2 heterocycles. The van der Waals surface area contributed by atoms with E-state index in [-0.39, 0.29) is 5.91 Å². The number of halogens is 1. The SMILES string of the molecule is COc1ccc(Cl)cc1C(=O)N(CCc1cccs1)Cc1ccco1. The predicted octanol–water partition coefficient (Wildman–Crippen LogP) is 4.89. The zero-order valence-electron chi connectivity index (χ0n) is 13.8. The second-order valence-corrected chi connectivity index (χ2v) is 6.95. The molecule has 4 nitrogen and oxygen atoms in total. The lowest BCUT2D eigenvalue weighted by molar-refractivity contribution is 0.0730. The first kappa shape index (κ1) is 17.6. The van der Waals surface area contributed by atoms with E-state index in [0.717, 1.165) is 12.2 Å². The van der Waals surface area contributed by atoms with E-state index in [2.05, 4.69) is 6.07 Å². The van der Waals surface area contributed by atoms with Crippen molar-refractivity contribution < 1.29 is 13.9 Å². The summed E-state index contributed by atoms with van der Waals surface area (Å²) < 4.78 is 10.7. The minimum Gasteiger partial charge on any atom is -0.496 e. The van der Waals surface area contributed by atoms with E-state index >= 15 is 0 Å². The summed E-state index contributed by atoms with van der Waals surface area (Å²) in [7, 11) is 1.54. The van der Waals surface area contributed by atoms with Gasteiger partial charge >= 0.3 is 0 Å². The van der Waals surface area contributed by atoms with Gasteiger partial charge in [-0.1, -0.05) is 17.7 Å². The predicted molar refractivity (Wildman–Crippen MR) is 99.5 cm³/mol. The molecule has 6 heteroatoms. The van der Waals surface area contributed by atoms with Gasteiger partial charge in [0, 0.05) is 16.4 Å². The Morgan fingerprint density at radius 3 is 2.84 bits per heavy atom. The Morgan fingerprint density at radius 2 is 2.16 bits per heavy atom. The quantitative estimate of drug-likeness (QED) is 0.590. The molecule has 2 aromatic heterocycles. The van der Waals surface area contributed by atoms with E-state index in [4.69, 9.17) is 20.8 Å². The van der Waals surface area contributed by atoms with Gasteiger partial charge in [0.2, 0.25) is 0 Å². The molecule has 0 radical (unpaired) electrons. The number of carbonyl (C=O) groups excluding carboxylic acids is 1. The minimum atomic E-state index is -0.132. The van der Waals surface area contributed by atoms with Crippen molar-refractivity contribution in [2.24, 2.45) is 0 Å². The summed E-state index contributed by atoms with van der Waals surface area (Å²) in [6.45, 7) is 0.975. The van der Waals surface area contributed by atoms with Crippen molar-refractivity contribution in [2.45, 2.75) is 13.0 Å². The van der Waals surface area contributed by atoms with Gasteiger partial charge in [-0.3, -0.25) is 4.79 Å². The minimum absolute atomic E-state index is 0.132. The number of benzene rings is 1. The molecular weight excluding hydrogens is 358 g/mol. The van der Waals surface area contributed by atoms with Crippen LogP contribution in [0.2, 0.25) is 5.02 Å². The third-order valence-corrected chi connectivity index (χ3v) is 4.99. The number of rotatable bonds is 7. The van der Waals surface area contributed by atoms with Gasteiger partial charge in [-0.25, -0.2) is 0 Å². The Morgan fingerprint density at radius 1 is 1.28 bits per heavy atom. The largest absolute Gasteiger partial charge is 0.496 e. The number of methoxy groups -OCH3 is 1. The maximum absolute atomic E-state index is 13.1. The van der Waals surface area contributed by atoms with Crippen LogP contribution in [0.3, 0.4) is 0 Å². The number of ether oxygens (including phenoxy) is 1. The molecule has 0 aliphatic heterocycles. The average Bonchev–Trinajstić information content (AvgIpc) is 3.31. The normalized spacial score (nSPS) is 10.6. The smallest absolute Gasteiger partial charge is 0.258 e. The third-order valence-electron chi connectivity index (χ3n) is 3.81. The number of furan rings is 1. The van der Waals surface area contributed by atoms with Crippen LogP contribution in [0.25, 0.3) is 0 Å². The molecule has 0 bridgehead atoms. The maximum atomic E-state index is 13.1. The maximum Gasteiger partial charge on any atom is 0.258 e. The number of carbonyl (C=O) groups is 1. The second kappa shape index (κ2) is 8.23. The molecule has 3 aromatic rings. The molecule has 0 spiro atoms. The van der Waals surface area contributed by atoms with Crippen LogP contribution in [0.5, 0.6) is 5.75 Å². The highest BCUT2D eigenvalue weighted by Gasteiger charge is 2.21. The second-order valence-electron chi connectivity index (χ2n) is 5.48. The fraction of sp³-hybridized carbons (Fsp3) is 0.211. The Kier molecular flexibility index (Phi) is 5.79. The van der Waals surface area contributed by atoms with Crippen LogP contribution in [-0.2, 0) is 13.0 Å². The highest BCUT2D eigenvalue weighted by Crippen LogP contribution is 2.25. The fourth-order valence-electron chi connectivity index (χ4n) is 2.56. The van der Waals surface area contributed by atoms with Gasteiger partial charge in [0.05, 0.1) is 25.5 Å². The van der Waals surface area contributed by atoms with Crippen LogP contribution >= 0.6 is 22.9 Å². The van der Waals surface area contributed by atoms with Crippen LogP contribution in [0, 0.1) is 0 Å². The summed E-state index contributed by atoms with van der Waals surface area (Å²) in [5.41, 5.74) is 0.452. The Balaban J connectivity index is 1.84. The fourth-order valence-corrected chi connectivity index (χ4v) is 3.43. The molecule has 1 aromatic carbocycles. The molecule has 0 N–H and O–H groups in total. The van der Waals surface area contributed by atoms with Crippen molar-refractivity contribution in [1.29, 1.82) is 0 Å². The Hall–Kier alpha value is -2.24. The van der Waals surface area contributed by atoms with Gasteiger partial charge in [0.1, 0.15) is 11.5 Å². The third kappa shape index (κ3) is 4.44. The Labute approximate surface area is 155 Å². The first-order valence-corrected chi connectivity index (χ1v) is 9.10. The van der Waals surface area contributed by atoms with Gasteiger partial charge in [-0.2, -0.15) is 0 Å². The van der Waals surface area contributed by atoms with Crippen molar-refractivity contribution in [3.63, 3.8) is 0 Å².